The van der Waals surface area contributed by atoms with Crippen molar-refractivity contribution in [2.45, 2.75) is 32.5 Å². The summed E-state index contributed by atoms with van der Waals surface area (Å²) in [6.45, 7) is 8.81. The summed E-state index contributed by atoms with van der Waals surface area (Å²) in [6.07, 6.45) is 0.831. The van der Waals surface area contributed by atoms with Gasteiger partial charge in [-0.3, -0.25) is 9.69 Å². The number of benzene rings is 1. The molecule has 2 heterocycles. The van der Waals surface area contributed by atoms with Crippen LogP contribution in [0, 0.1) is 11.8 Å². The van der Waals surface area contributed by atoms with E-state index in [-0.39, 0.29) is 30.6 Å². The lowest BCUT2D eigenvalue weighted by Crippen LogP contribution is -2.48. The van der Waals surface area contributed by atoms with E-state index in [4.69, 9.17) is 9.47 Å². The first-order chi connectivity index (χ1) is 13.0. The van der Waals surface area contributed by atoms with Gasteiger partial charge in [0, 0.05) is 45.2 Å². The number of morpholine rings is 1. The molecule has 2 aliphatic heterocycles. The van der Waals surface area contributed by atoms with Gasteiger partial charge in [0.2, 0.25) is 5.91 Å². The van der Waals surface area contributed by atoms with Crippen LogP contribution in [0.2, 0.25) is 0 Å². The first-order valence-electron chi connectivity index (χ1n) is 9.99. The Morgan fingerprint density at radius 1 is 1.11 bits per heavy atom. The molecule has 1 N–H and O–H groups in total. The molecule has 27 heavy (non-hydrogen) atoms. The van der Waals surface area contributed by atoms with Crippen molar-refractivity contribution in [1.82, 2.24) is 9.80 Å². The van der Waals surface area contributed by atoms with Crippen LogP contribution in [0.1, 0.15) is 20.3 Å². The van der Waals surface area contributed by atoms with Gasteiger partial charge in [-0.15, -0.1) is 0 Å². The molecule has 3 rings (SSSR count). The number of hydrogen-bond donors (Lipinski definition) is 1. The number of para-hydroxylation sites is 1. The lowest BCUT2D eigenvalue weighted by atomic mass is 9.96. The number of nitrogens with zero attached hydrogens (tertiary/aromatic N) is 2. The highest BCUT2D eigenvalue weighted by Crippen LogP contribution is 2.26. The largest absolute Gasteiger partial charge is 0.493 e. The Labute approximate surface area is 162 Å². The van der Waals surface area contributed by atoms with Crippen LogP contribution in [0.25, 0.3) is 0 Å². The second kappa shape index (κ2) is 9.53. The fraction of sp³-hybridized carbons (Fsp3) is 0.667. The molecule has 0 spiro atoms. The molecule has 0 unspecified atom stereocenters. The van der Waals surface area contributed by atoms with Gasteiger partial charge in [0.1, 0.15) is 5.75 Å². The standard InChI is InChI=1S/C21H32N2O4/c1-16-10-22(11-17(2)27-16)12-18-13-23(14-19(18)15-24)21(25)8-9-26-20-6-4-3-5-7-20/h3-7,16-19,24H,8-15H2,1-2H3/t16-,17+,18-,19-/m0/s1. The molecular formula is C21H32N2O4. The molecule has 1 amide bonds. The summed E-state index contributed by atoms with van der Waals surface area (Å²) in [4.78, 5) is 16.9. The van der Waals surface area contributed by atoms with Crippen molar-refractivity contribution < 1.29 is 19.4 Å². The summed E-state index contributed by atoms with van der Waals surface area (Å²) in [5.41, 5.74) is 0. The fourth-order valence-corrected chi connectivity index (χ4v) is 4.25. The van der Waals surface area contributed by atoms with Gasteiger partial charge < -0.3 is 19.5 Å². The molecule has 1 aromatic carbocycles. The van der Waals surface area contributed by atoms with Gasteiger partial charge in [-0.1, -0.05) is 18.2 Å². The summed E-state index contributed by atoms with van der Waals surface area (Å²) in [5, 5.41) is 9.79. The Kier molecular flexibility index (Phi) is 7.10. The predicted molar refractivity (Wildman–Crippen MR) is 104 cm³/mol. The maximum atomic E-state index is 12.6. The number of rotatable bonds is 7. The highest BCUT2D eigenvalue weighted by atomic mass is 16.5. The smallest absolute Gasteiger partial charge is 0.226 e. The molecule has 0 saturated carbocycles. The first kappa shape index (κ1) is 20.1. The van der Waals surface area contributed by atoms with E-state index in [2.05, 4.69) is 18.7 Å². The number of hydrogen-bond acceptors (Lipinski definition) is 5. The van der Waals surface area contributed by atoms with Crippen molar-refractivity contribution in [3.63, 3.8) is 0 Å². The van der Waals surface area contributed by atoms with E-state index in [0.29, 0.717) is 25.5 Å². The lowest BCUT2D eigenvalue weighted by molar-refractivity contribution is -0.131. The van der Waals surface area contributed by atoms with E-state index < -0.39 is 0 Å². The molecule has 1 aromatic rings. The predicted octanol–water partition coefficient (Wildman–Crippen LogP) is 1.63. The van der Waals surface area contributed by atoms with E-state index in [0.717, 1.165) is 31.9 Å². The van der Waals surface area contributed by atoms with Crippen molar-refractivity contribution in [3.05, 3.63) is 30.3 Å². The van der Waals surface area contributed by atoms with Crippen LogP contribution in [-0.2, 0) is 9.53 Å². The molecule has 6 nitrogen and oxygen atoms in total. The van der Waals surface area contributed by atoms with Gasteiger partial charge in [0.15, 0.2) is 0 Å². The monoisotopic (exact) mass is 376 g/mol. The molecule has 0 bridgehead atoms. The summed E-state index contributed by atoms with van der Waals surface area (Å²) in [6, 6.07) is 9.56. The number of carbonyl (C=O) groups excluding carboxylic acids is 1. The van der Waals surface area contributed by atoms with Crippen molar-refractivity contribution in [2.24, 2.45) is 11.8 Å². The quantitative estimate of drug-likeness (QED) is 0.784. The van der Waals surface area contributed by atoms with Gasteiger partial charge in [-0.25, -0.2) is 0 Å². The van der Waals surface area contributed by atoms with Crippen molar-refractivity contribution >= 4 is 5.91 Å². The Morgan fingerprint density at radius 3 is 2.44 bits per heavy atom. The Bertz CT molecular complexity index is 587. The summed E-state index contributed by atoms with van der Waals surface area (Å²) < 4.78 is 11.4. The minimum Gasteiger partial charge on any atom is -0.493 e. The Hall–Kier alpha value is -1.63. The van der Waals surface area contributed by atoms with E-state index in [1.54, 1.807) is 0 Å². The van der Waals surface area contributed by atoms with Crippen LogP contribution in [0.5, 0.6) is 5.75 Å². The zero-order valence-corrected chi connectivity index (χ0v) is 16.4. The van der Waals surface area contributed by atoms with Gasteiger partial charge in [-0.2, -0.15) is 0 Å². The fourth-order valence-electron chi connectivity index (χ4n) is 4.25. The number of likely N-dealkylation sites (tertiary alicyclic amines) is 1. The first-order valence-corrected chi connectivity index (χ1v) is 9.99. The van der Waals surface area contributed by atoms with Crippen molar-refractivity contribution in [1.29, 1.82) is 0 Å². The normalized spacial score (nSPS) is 29.1. The maximum absolute atomic E-state index is 12.6. The second-order valence-corrected chi connectivity index (χ2v) is 7.89. The molecule has 2 fully saturated rings. The minimum atomic E-state index is 0.107. The van der Waals surface area contributed by atoms with Crippen molar-refractivity contribution in [3.8, 4) is 5.75 Å². The van der Waals surface area contributed by atoms with Crippen LogP contribution in [0.3, 0.4) is 0 Å². The number of carbonyl (C=O) groups is 1. The average Bonchev–Trinajstić information content (AvgIpc) is 3.04. The minimum absolute atomic E-state index is 0.107. The van der Waals surface area contributed by atoms with Gasteiger partial charge >= 0.3 is 0 Å². The molecule has 2 aliphatic rings. The molecule has 0 radical (unpaired) electrons. The third-order valence-electron chi connectivity index (χ3n) is 5.48. The molecule has 0 aliphatic carbocycles. The topological polar surface area (TPSA) is 62.2 Å². The highest BCUT2D eigenvalue weighted by molar-refractivity contribution is 5.76. The van der Waals surface area contributed by atoms with E-state index in [9.17, 15) is 9.90 Å². The van der Waals surface area contributed by atoms with Crippen LogP contribution in [0.15, 0.2) is 30.3 Å². The molecule has 150 valence electrons. The number of aliphatic hydroxyl groups is 1. The third kappa shape index (κ3) is 5.67. The van der Waals surface area contributed by atoms with E-state index in [1.807, 2.05) is 35.2 Å². The average molecular weight is 376 g/mol. The van der Waals surface area contributed by atoms with Gasteiger partial charge in [-0.05, 0) is 31.9 Å². The van der Waals surface area contributed by atoms with Crippen LogP contribution in [0.4, 0.5) is 0 Å². The Balaban J connectivity index is 1.47. The zero-order chi connectivity index (χ0) is 19.2. The lowest BCUT2D eigenvalue weighted by Gasteiger charge is -2.37. The summed E-state index contributed by atoms with van der Waals surface area (Å²) in [5.74, 6) is 1.35. The zero-order valence-electron chi connectivity index (χ0n) is 16.4. The third-order valence-corrected chi connectivity index (χ3v) is 5.48. The second-order valence-electron chi connectivity index (χ2n) is 7.89. The van der Waals surface area contributed by atoms with Crippen molar-refractivity contribution in [2.75, 3.05) is 45.9 Å². The molecule has 4 atom stereocenters. The van der Waals surface area contributed by atoms with Gasteiger partial charge in [0.05, 0.1) is 25.2 Å². The van der Waals surface area contributed by atoms with Crippen LogP contribution < -0.4 is 4.74 Å². The number of aliphatic hydroxyl groups excluding tert-OH is 1. The van der Waals surface area contributed by atoms with Crippen LogP contribution in [-0.4, -0.2) is 79.0 Å². The summed E-state index contributed by atoms with van der Waals surface area (Å²) >= 11 is 0. The Morgan fingerprint density at radius 2 is 1.78 bits per heavy atom. The highest BCUT2D eigenvalue weighted by Gasteiger charge is 2.36. The number of amides is 1. The molecule has 2 saturated heterocycles. The van der Waals surface area contributed by atoms with E-state index >= 15 is 0 Å². The molecular weight excluding hydrogens is 344 g/mol. The molecule has 0 aromatic heterocycles. The molecule has 6 heteroatoms. The van der Waals surface area contributed by atoms with Gasteiger partial charge in [0.25, 0.3) is 0 Å². The number of ether oxygens (including phenoxy) is 2. The summed E-state index contributed by atoms with van der Waals surface area (Å²) in [7, 11) is 0. The van der Waals surface area contributed by atoms with Crippen LogP contribution >= 0.6 is 0 Å². The SMILES string of the molecule is C[C@@H]1CN(C[C@H]2CN(C(=O)CCOc3ccccc3)C[C@H]2CO)C[C@H](C)O1. The maximum Gasteiger partial charge on any atom is 0.226 e. The van der Waals surface area contributed by atoms with E-state index in [1.165, 1.54) is 0 Å².